The Hall–Kier alpha value is -9.04. The van der Waals surface area contributed by atoms with Gasteiger partial charge in [0.2, 0.25) is 33.8 Å². The topological polar surface area (TPSA) is 269 Å². The number of nitrogens with zero attached hydrogens (tertiary/aromatic N) is 4. The minimum Gasteiger partial charge on any atom is -0.748 e. The first-order valence-corrected chi connectivity index (χ1v) is 48.4. The zero-order valence-corrected chi connectivity index (χ0v) is 83.2. The van der Waals surface area contributed by atoms with E-state index in [-0.39, 0.29) is 78.8 Å². The zero-order chi connectivity index (χ0) is 93.7. The van der Waals surface area contributed by atoms with Gasteiger partial charge in [-0.05, 0) is 225 Å². The molecule has 0 spiro atoms. The minimum atomic E-state index is -4.33. The van der Waals surface area contributed by atoms with E-state index in [1.54, 1.807) is 24.3 Å². The van der Waals surface area contributed by atoms with Crippen molar-refractivity contribution in [3.63, 3.8) is 0 Å². The number of Topliss-reactive ketones (excluding diaryl/α,β-unsaturated/α-hetero) is 1. The number of fused-ring (bicyclic) bond motifs is 2. The van der Waals surface area contributed by atoms with Crippen LogP contribution in [0.2, 0.25) is 0 Å². The van der Waals surface area contributed by atoms with Gasteiger partial charge in [0.1, 0.15) is 17.3 Å². The van der Waals surface area contributed by atoms with Gasteiger partial charge in [-0.1, -0.05) is 231 Å². The number of benzene rings is 10. The molecule has 2 fully saturated rings. The quantitative estimate of drug-likeness (QED) is 0.00978. The summed E-state index contributed by atoms with van der Waals surface area (Å²) in [7, 11) is 0.141. The molecule has 2 aliphatic rings. The van der Waals surface area contributed by atoms with Gasteiger partial charge in [-0.3, -0.25) is 14.9 Å². The summed E-state index contributed by atoms with van der Waals surface area (Å²) < 4.78 is 75.3. The number of carbonyl (C=O) groups excluding carboxylic acids is 1. The van der Waals surface area contributed by atoms with E-state index in [0.29, 0.717) is 84.9 Å². The van der Waals surface area contributed by atoms with E-state index in [1.165, 1.54) is 82.1 Å². The summed E-state index contributed by atoms with van der Waals surface area (Å²) in [5.41, 5.74) is 13.2. The second-order valence-corrected chi connectivity index (χ2v) is 41.6. The number of aryl methyl sites for hydroxylation is 4. The van der Waals surface area contributed by atoms with Gasteiger partial charge >= 0.3 is 32.6 Å². The van der Waals surface area contributed by atoms with Gasteiger partial charge in [-0.2, -0.15) is 8.67 Å². The van der Waals surface area contributed by atoms with Crippen molar-refractivity contribution in [3.8, 4) is 34.5 Å². The molecule has 127 heavy (non-hydrogen) atoms. The second-order valence-electron chi connectivity index (χ2n) is 33.6. The SMILES string of the molecule is C.CC(C)(C)c1ccc([I+]c2ccc(C(C)(C)C)cc2)cc1.CC1(C)C2CCC1(CS(=O)(=O)[O-])C(=O)C2.CCOc1cc(OCC)c([N+]#N)c(OCC)c1.COc1cc(OC)c([N+]#N)c(OC)c1.Cc1c(C(C)C)cc(C(C)C)cc1C(C)C.Cc1cc(C)c(SOO[O-])c(C)c1.Cc1ccc(SOO[O-])cc1.c1ccc([S+](c2ccccc2)c2ccccc2)cc1. The highest BCUT2D eigenvalue weighted by atomic mass is 127. The number of methoxy groups -OCH3 is 3. The summed E-state index contributed by atoms with van der Waals surface area (Å²) >= 11 is 1.77. The Morgan fingerprint density at radius 1 is 0.520 bits per heavy atom. The third-order valence-electron chi connectivity index (χ3n) is 21.3. The second kappa shape index (κ2) is 53.8. The van der Waals surface area contributed by atoms with Crippen LogP contribution >= 0.6 is 24.1 Å². The molecule has 25 heteroatoms. The average molecular weight is 1930 g/mol. The Morgan fingerprint density at radius 2 is 0.913 bits per heavy atom. The Balaban J connectivity index is 0.000000306. The first-order valence-electron chi connectivity index (χ1n) is 42.0. The van der Waals surface area contributed by atoms with Gasteiger partial charge in [-0.25, -0.2) is 8.42 Å². The number of ketones is 1. The summed E-state index contributed by atoms with van der Waals surface area (Å²) in [4.78, 5) is 24.0. The Bertz CT molecular complexity index is 4940. The largest absolute Gasteiger partial charge is 0.748 e. The smallest absolute Gasteiger partial charge is 0.467 e. The highest BCUT2D eigenvalue weighted by Gasteiger charge is 2.64. The van der Waals surface area contributed by atoms with Crippen LogP contribution in [0.15, 0.2) is 237 Å². The standard InChI is InChI=1S/C20H26I.C18H15S.C16H26.C12H17N2O3.C10H16O4S.C9H11N2O3.C9H12O3S.C7H8O3S.CH4/c1-19(2,3)15-7-11-17(12-8-15)21-18-13-9-16(10-14-18)20(4,5)6;1-4-10-16(11-5-1)19(17-12-6-2-7-13-17)18-14-8-3-9-15-18;1-10(2)14-8-15(11(3)4)13(7)16(9-14)12(5)6;1-4-15-9-7-10(16-5-2)12(14-13)11(8-9)17-6-3;1-9(2)7-3-4-10(9,8(11)5-7)6-15(12,13)14;1-12-6-4-7(13-2)9(11-10)8(5-6)14-3;1-6-4-7(2)9(8(3)5-6)13-12-11-10;1-6-2-4-7(5-3-6)11-10-9-8;/h7-14H,1-6H3;1-15H;8-12H,1-7H3;7-8H,4-6H2,1-3H3;7H,3-6H2,1-2H3,(H,12,13,14);4-5H,1-3H3;4-5,10H,1-3H3;2-5,8H,1H3;1H4/q2*+1;;+1;;+1;;;/p-3. The lowest BCUT2D eigenvalue weighted by atomic mass is 9.70. The molecule has 0 aliphatic heterocycles. The fourth-order valence-electron chi connectivity index (χ4n) is 14.5. The number of hydrogen-bond donors (Lipinski definition) is 0. The van der Waals surface area contributed by atoms with E-state index in [4.69, 9.17) is 39.2 Å². The molecule has 0 amide bonds. The lowest BCUT2D eigenvalue weighted by Crippen LogP contribution is -3.61. The Kier molecular flexibility index (Phi) is 46.7. The van der Waals surface area contributed by atoms with E-state index >= 15 is 0 Å². The summed E-state index contributed by atoms with van der Waals surface area (Å²) in [5, 5.41) is 43.3. The molecule has 0 saturated heterocycles. The molecule has 686 valence electrons. The number of rotatable bonds is 25. The van der Waals surface area contributed by atoms with Crippen LogP contribution in [0.3, 0.4) is 0 Å². The molecular formula is C102H132IN4O16S4+. The van der Waals surface area contributed by atoms with E-state index in [9.17, 15) is 28.3 Å². The van der Waals surface area contributed by atoms with Gasteiger partial charge in [0.25, 0.3) is 0 Å². The molecule has 10 aromatic carbocycles. The van der Waals surface area contributed by atoms with Crippen molar-refractivity contribution < 1.29 is 96.6 Å². The molecule has 2 unspecified atom stereocenters. The summed E-state index contributed by atoms with van der Waals surface area (Å²) in [6, 6.07) is 73.6. The van der Waals surface area contributed by atoms with Gasteiger partial charge in [0.05, 0.1) is 92.0 Å². The maximum absolute atomic E-state index is 11.8. The monoisotopic (exact) mass is 1920 g/mol. The molecule has 2 bridgehead atoms. The predicted molar refractivity (Wildman–Crippen MR) is 506 cm³/mol. The van der Waals surface area contributed by atoms with Gasteiger partial charge < -0.3 is 43.5 Å². The van der Waals surface area contributed by atoms with Crippen LogP contribution in [-0.4, -0.2) is 65.7 Å². The fraction of sp³-hybridized carbons (Fsp3) is 0.402. The van der Waals surface area contributed by atoms with Crippen molar-refractivity contribution in [2.45, 2.75) is 232 Å². The molecule has 2 atom stereocenters. The molecule has 12 rings (SSSR count). The van der Waals surface area contributed by atoms with Crippen molar-refractivity contribution >= 4 is 62.3 Å². The van der Waals surface area contributed by atoms with Crippen LogP contribution < -0.4 is 60.1 Å². The van der Waals surface area contributed by atoms with Crippen molar-refractivity contribution in [1.82, 2.24) is 0 Å². The normalized spacial score (nSPS) is 13.9. The van der Waals surface area contributed by atoms with Gasteiger partial charge in [0.15, 0.2) is 31.8 Å². The van der Waals surface area contributed by atoms with Crippen LogP contribution in [0.1, 0.15) is 218 Å². The highest BCUT2D eigenvalue weighted by molar-refractivity contribution is 7.97. The van der Waals surface area contributed by atoms with Gasteiger partial charge in [-0.15, -0.1) is 0 Å². The van der Waals surface area contributed by atoms with Crippen molar-refractivity contribution in [3.05, 3.63) is 285 Å². The molecule has 20 nitrogen and oxygen atoms in total. The van der Waals surface area contributed by atoms with Gasteiger partial charge in [0, 0.05) is 45.9 Å². The third kappa shape index (κ3) is 34.1. The van der Waals surface area contributed by atoms with Crippen LogP contribution in [0.25, 0.3) is 9.95 Å². The van der Waals surface area contributed by atoms with Crippen LogP contribution in [0.5, 0.6) is 34.5 Å². The molecule has 0 heterocycles. The van der Waals surface area contributed by atoms with Crippen LogP contribution in [-0.2, 0) is 55.4 Å². The first-order chi connectivity index (χ1) is 59.6. The molecule has 2 saturated carbocycles. The number of diazo groups is 2. The molecule has 2 aliphatic carbocycles. The summed E-state index contributed by atoms with van der Waals surface area (Å²) in [5.74, 6) is 4.47. The first kappa shape index (κ1) is 110. The van der Waals surface area contributed by atoms with Crippen molar-refractivity contribution in [1.29, 1.82) is 10.8 Å². The van der Waals surface area contributed by atoms with E-state index in [0.717, 1.165) is 57.0 Å². The average Bonchev–Trinajstić information content (AvgIpc) is 1.55. The summed E-state index contributed by atoms with van der Waals surface area (Å²) in [6.45, 7) is 48.5. The summed E-state index contributed by atoms with van der Waals surface area (Å²) in [6.07, 6.45) is 1.88. The molecule has 0 N–H and O–H groups in total. The van der Waals surface area contributed by atoms with E-state index < -0.39 is 21.3 Å². The third-order valence-corrected chi connectivity index (χ3v) is 28.6. The maximum Gasteiger partial charge on any atom is 0.467 e. The number of halogens is 1. The molecule has 0 aromatic heterocycles. The highest BCUT2D eigenvalue weighted by Crippen LogP contribution is 2.64. The zero-order valence-electron chi connectivity index (χ0n) is 77.8. The molecular weight excluding hydrogens is 1790 g/mol. The van der Waals surface area contributed by atoms with Crippen LogP contribution in [0, 0.1) is 69.3 Å². The van der Waals surface area contributed by atoms with Crippen molar-refractivity contribution in [2.24, 2.45) is 16.7 Å². The maximum atomic E-state index is 11.8. The minimum absolute atomic E-state index is 0. The lowest BCUT2D eigenvalue weighted by molar-refractivity contribution is -0.777. The van der Waals surface area contributed by atoms with E-state index in [1.807, 2.05) is 98.7 Å². The number of hydrogen-bond acceptors (Lipinski definition) is 20. The molecule has 10 aromatic rings. The Labute approximate surface area is 779 Å². The number of carbonyl (C=O) groups is 1. The molecule has 0 radical (unpaired) electrons. The van der Waals surface area contributed by atoms with Crippen LogP contribution in [0.4, 0.5) is 11.4 Å². The number of ether oxygens (including phenoxy) is 6. The van der Waals surface area contributed by atoms with E-state index in [2.05, 4.69) is 270 Å². The Morgan fingerprint density at radius 3 is 1.24 bits per heavy atom. The van der Waals surface area contributed by atoms with Crippen molar-refractivity contribution in [2.75, 3.05) is 46.9 Å². The lowest BCUT2D eigenvalue weighted by Gasteiger charge is -2.37. The fourth-order valence-corrected chi connectivity index (χ4v) is 20.8. The predicted octanol–water partition coefficient (Wildman–Crippen LogP) is 22.8.